The van der Waals surface area contributed by atoms with Gasteiger partial charge in [0.1, 0.15) is 0 Å². The molecule has 2 aromatic rings. The van der Waals surface area contributed by atoms with Crippen LogP contribution in [0.15, 0.2) is 30.5 Å². The monoisotopic (exact) mass is 301 g/mol. The SMILES string of the molecule is Cn1ccc2c(C(=O)NCCCN3CCOCC3)cccc21. The molecule has 1 fully saturated rings. The number of fused-ring (bicyclic) bond motifs is 1. The molecular weight excluding hydrogens is 278 g/mol. The molecule has 2 heterocycles. The topological polar surface area (TPSA) is 46.5 Å². The molecule has 1 N–H and O–H groups in total. The third-order valence-corrected chi connectivity index (χ3v) is 4.21. The fraction of sp³-hybridized carbons (Fsp3) is 0.471. The summed E-state index contributed by atoms with van der Waals surface area (Å²) in [5.74, 6) is 0.0128. The van der Waals surface area contributed by atoms with Crippen LogP contribution in [-0.2, 0) is 11.8 Å². The molecule has 0 radical (unpaired) electrons. The number of hydrogen-bond donors (Lipinski definition) is 1. The van der Waals surface area contributed by atoms with Crippen molar-refractivity contribution in [1.82, 2.24) is 14.8 Å². The van der Waals surface area contributed by atoms with Crippen LogP contribution < -0.4 is 5.32 Å². The molecule has 1 amide bonds. The minimum atomic E-state index is 0.0128. The fourth-order valence-corrected chi connectivity index (χ4v) is 2.92. The Labute approximate surface area is 130 Å². The first-order valence-electron chi connectivity index (χ1n) is 7.88. The first-order chi connectivity index (χ1) is 10.8. The number of nitrogens with one attached hydrogen (secondary N) is 1. The number of morpholine rings is 1. The van der Waals surface area contributed by atoms with E-state index in [4.69, 9.17) is 4.74 Å². The molecule has 5 heteroatoms. The van der Waals surface area contributed by atoms with Gasteiger partial charge < -0.3 is 14.6 Å². The van der Waals surface area contributed by atoms with Gasteiger partial charge in [-0.2, -0.15) is 0 Å². The zero-order valence-electron chi connectivity index (χ0n) is 13.0. The van der Waals surface area contributed by atoms with E-state index < -0.39 is 0 Å². The highest BCUT2D eigenvalue weighted by Gasteiger charge is 2.12. The van der Waals surface area contributed by atoms with Gasteiger partial charge in [0, 0.05) is 49.3 Å². The minimum Gasteiger partial charge on any atom is -0.379 e. The predicted octanol–water partition coefficient (Wildman–Crippen LogP) is 1.63. The quantitative estimate of drug-likeness (QED) is 0.854. The van der Waals surface area contributed by atoms with Crippen LogP contribution in [0.25, 0.3) is 10.9 Å². The molecule has 0 bridgehead atoms. The van der Waals surface area contributed by atoms with Crippen LogP contribution in [0.4, 0.5) is 0 Å². The second-order valence-corrected chi connectivity index (χ2v) is 5.73. The Morgan fingerprint density at radius 2 is 2.09 bits per heavy atom. The Balaban J connectivity index is 1.53. The van der Waals surface area contributed by atoms with Crippen LogP contribution in [-0.4, -0.2) is 54.8 Å². The smallest absolute Gasteiger partial charge is 0.251 e. The van der Waals surface area contributed by atoms with Gasteiger partial charge in [0.2, 0.25) is 0 Å². The highest BCUT2D eigenvalue weighted by Crippen LogP contribution is 2.19. The van der Waals surface area contributed by atoms with Crippen molar-refractivity contribution >= 4 is 16.8 Å². The summed E-state index contributed by atoms with van der Waals surface area (Å²) in [5.41, 5.74) is 1.84. The number of hydrogen-bond acceptors (Lipinski definition) is 3. The molecule has 0 saturated carbocycles. The van der Waals surface area contributed by atoms with Crippen LogP contribution in [0.5, 0.6) is 0 Å². The van der Waals surface area contributed by atoms with Gasteiger partial charge >= 0.3 is 0 Å². The Morgan fingerprint density at radius 1 is 1.27 bits per heavy atom. The minimum absolute atomic E-state index is 0.0128. The Hall–Kier alpha value is -1.85. The van der Waals surface area contributed by atoms with Gasteiger partial charge in [0.05, 0.1) is 13.2 Å². The van der Waals surface area contributed by atoms with Crippen LogP contribution in [0.3, 0.4) is 0 Å². The Morgan fingerprint density at radius 3 is 2.91 bits per heavy atom. The second kappa shape index (κ2) is 6.94. The molecule has 118 valence electrons. The van der Waals surface area contributed by atoms with E-state index in [-0.39, 0.29) is 5.91 Å². The lowest BCUT2D eigenvalue weighted by Gasteiger charge is -2.26. The van der Waals surface area contributed by atoms with Crippen molar-refractivity contribution in [1.29, 1.82) is 0 Å². The summed E-state index contributed by atoms with van der Waals surface area (Å²) in [6, 6.07) is 7.85. The summed E-state index contributed by atoms with van der Waals surface area (Å²) in [5, 5.41) is 4.04. The molecule has 3 rings (SSSR count). The van der Waals surface area contributed by atoms with Gasteiger partial charge in [0.15, 0.2) is 0 Å². The Kier molecular flexibility index (Phi) is 4.75. The number of nitrogens with zero attached hydrogens (tertiary/aromatic N) is 2. The van der Waals surface area contributed by atoms with Gasteiger partial charge in [-0.25, -0.2) is 0 Å². The summed E-state index contributed by atoms with van der Waals surface area (Å²) in [6.45, 7) is 5.36. The molecule has 1 aromatic heterocycles. The molecule has 0 aliphatic carbocycles. The van der Waals surface area contributed by atoms with E-state index in [1.54, 1.807) is 0 Å². The number of amides is 1. The highest BCUT2D eigenvalue weighted by molar-refractivity contribution is 6.06. The second-order valence-electron chi connectivity index (χ2n) is 5.73. The van der Waals surface area contributed by atoms with Crippen molar-refractivity contribution in [3.05, 3.63) is 36.0 Å². The summed E-state index contributed by atoms with van der Waals surface area (Å²) in [4.78, 5) is 14.7. The number of benzene rings is 1. The van der Waals surface area contributed by atoms with E-state index in [1.165, 1.54) is 0 Å². The zero-order chi connectivity index (χ0) is 15.4. The third kappa shape index (κ3) is 3.31. The van der Waals surface area contributed by atoms with E-state index in [9.17, 15) is 4.79 Å². The lowest BCUT2D eigenvalue weighted by atomic mass is 10.1. The summed E-state index contributed by atoms with van der Waals surface area (Å²) < 4.78 is 7.36. The van der Waals surface area contributed by atoms with Crippen LogP contribution in [0, 0.1) is 0 Å². The van der Waals surface area contributed by atoms with Crippen LogP contribution in [0.2, 0.25) is 0 Å². The number of carbonyl (C=O) groups is 1. The van der Waals surface area contributed by atoms with E-state index >= 15 is 0 Å². The predicted molar refractivity (Wildman–Crippen MR) is 87.1 cm³/mol. The summed E-state index contributed by atoms with van der Waals surface area (Å²) in [6.07, 6.45) is 2.95. The molecule has 5 nitrogen and oxygen atoms in total. The molecule has 1 aliphatic rings. The fourth-order valence-electron chi connectivity index (χ4n) is 2.92. The van der Waals surface area contributed by atoms with Crippen molar-refractivity contribution in [2.45, 2.75) is 6.42 Å². The molecule has 1 aromatic carbocycles. The van der Waals surface area contributed by atoms with Crippen LogP contribution in [0.1, 0.15) is 16.8 Å². The molecular formula is C17H23N3O2. The van der Waals surface area contributed by atoms with E-state index in [2.05, 4.69) is 10.2 Å². The van der Waals surface area contributed by atoms with Gasteiger partial charge in [-0.1, -0.05) is 6.07 Å². The van der Waals surface area contributed by atoms with Crippen LogP contribution >= 0.6 is 0 Å². The van der Waals surface area contributed by atoms with Gasteiger partial charge in [-0.3, -0.25) is 9.69 Å². The Bertz CT molecular complexity index is 644. The van der Waals surface area contributed by atoms with Crippen molar-refractivity contribution in [2.24, 2.45) is 7.05 Å². The number of carbonyl (C=O) groups excluding carboxylic acids is 1. The molecule has 0 spiro atoms. The summed E-state index contributed by atoms with van der Waals surface area (Å²) in [7, 11) is 1.99. The average molecular weight is 301 g/mol. The highest BCUT2D eigenvalue weighted by atomic mass is 16.5. The van der Waals surface area contributed by atoms with Crippen molar-refractivity contribution in [3.8, 4) is 0 Å². The van der Waals surface area contributed by atoms with E-state index in [0.717, 1.165) is 55.7 Å². The largest absolute Gasteiger partial charge is 0.379 e. The standard InChI is InChI=1S/C17H23N3O2/c1-19-9-6-14-15(4-2-5-16(14)19)17(21)18-7-3-8-20-10-12-22-13-11-20/h2,4-6,9H,3,7-8,10-13H2,1H3,(H,18,21). The molecule has 1 aliphatic heterocycles. The maximum atomic E-state index is 12.4. The maximum absolute atomic E-state index is 12.4. The molecule has 1 saturated heterocycles. The number of rotatable bonds is 5. The lowest BCUT2D eigenvalue weighted by Crippen LogP contribution is -2.38. The lowest BCUT2D eigenvalue weighted by molar-refractivity contribution is 0.0374. The number of aromatic nitrogens is 1. The van der Waals surface area contributed by atoms with E-state index in [0.29, 0.717) is 6.54 Å². The zero-order valence-corrected chi connectivity index (χ0v) is 13.0. The van der Waals surface area contributed by atoms with Gasteiger partial charge in [0.25, 0.3) is 5.91 Å². The third-order valence-electron chi connectivity index (χ3n) is 4.21. The normalized spacial score (nSPS) is 16.0. The first kappa shape index (κ1) is 15.1. The average Bonchev–Trinajstić information content (AvgIpc) is 2.94. The van der Waals surface area contributed by atoms with Crippen molar-refractivity contribution in [2.75, 3.05) is 39.4 Å². The summed E-state index contributed by atoms with van der Waals surface area (Å²) >= 11 is 0. The van der Waals surface area contributed by atoms with Crippen molar-refractivity contribution < 1.29 is 9.53 Å². The maximum Gasteiger partial charge on any atom is 0.251 e. The van der Waals surface area contributed by atoms with Gasteiger partial charge in [-0.15, -0.1) is 0 Å². The van der Waals surface area contributed by atoms with Gasteiger partial charge in [-0.05, 0) is 31.2 Å². The first-order valence-corrected chi connectivity index (χ1v) is 7.88. The van der Waals surface area contributed by atoms with Crippen molar-refractivity contribution in [3.63, 3.8) is 0 Å². The van der Waals surface area contributed by atoms with E-state index in [1.807, 2.05) is 42.1 Å². The number of aryl methyl sites for hydroxylation is 1. The number of ether oxygens (including phenoxy) is 1. The molecule has 0 atom stereocenters. The molecule has 0 unspecified atom stereocenters. The molecule has 22 heavy (non-hydrogen) atoms.